The van der Waals surface area contributed by atoms with Crippen LogP contribution in [0.4, 0.5) is 0 Å². The summed E-state index contributed by atoms with van der Waals surface area (Å²) in [6.07, 6.45) is 2.60. The first-order valence-corrected chi connectivity index (χ1v) is 9.61. The van der Waals surface area contributed by atoms with Crippen LogP contribution in [0.5, 0.6) is 0 Å². The number of unbranched alkanes of at least 4 members (excludes halogenated alkanes) is 2. The van der Waals surface area contributed by atoms with E-state index in [1.54, 1.807) is 6.07 Å². The summed E-state index contributed by atoms with van der Waals surface area (Å²) in [7, 11) is 0. The molecule has 2 atom stereocenters. The highest BCUT2D eigenvalue weighted by molar-refractivity contribution is 7.13. The summed E-state index contributed by atoms with van der Waals surface area (Å²) in [5, 5.41) is 30.9. The number of amides is 1. The van der Waals surface area contributed by atoms with E-state index < -0.39 is 11.5 Å². The molecule has 1 fully saturated rings. The standard InChI is InChI=1S/C18H22N4O3S/c19-11-18(12-20-10-16(18)23)6-2-1-3-7-21-17(24)13-9-14(25-22-13)15-5-4-8-26-15/h4-5,8-9,16,20,23H,1-3,6-7,10,12H2,(H,21,24)/t16-,18+/m0/s1. The molecule has 3 heterocycles. The van der Waals surface area contributed by atoms with E-state index in [9.17, 15) is 15.2 Å². The zero-order valence-corrected chi connectivity index (χ0v) is 15.2. The van der Waals surface area contributed by atoms with Crippen molar-refractivity contribution in [3.05, 3.63) is 29.3 Å². The Balaban J connectivity index is 1.36. The number of hydrogen-bond donors (Lipinski definition) is 3. The first-order valence-electron chi connectivity index (χ1n) is 8.73. The Hall–Kier alpha value is -2.21. The van der Waals surface area contributed by atoms with Gasteiger partial charge in [0.25, 0.3) is 5.91 Å². The maximum absolute atomic E-state index is 12.1. The number of nitrogens with zero attached hydrogens (tertiary/aromatic N) is 2. The fourth-order valence-electron chi connectivity index (χ4n) is 3.12. The Morgan fingerprint density at radius 3 is 3.12 bits per heavy atom. The van der Waals surface area contributed by atoms with Crippen molar-refractivity contribution < 1.29 is 14.4 Å². The Morgan fingerprint density at radius 1 is 1.54 bits per heavy atom. The van der Waals surface area contributed by atoms with Crippen LogP contribution in [-0.4, -0.2) is 41.9 Å². The predicted molar refractivity (Wildman–Crippen MR) is 97.5 cm³/mol. The molecule has 8 heteroatoms. The summed E-state index contributed by atoms with van der Waals surface area (Å²) in [4.78, 5) is 13.0. The van der Waals surface area contributed by atoms with E-state index in [1.807, 2.05) is 17.5 Å². The molecule has 1 aliphatic heterocycles. The zero-order valence-electron chi connectivity index (χ0n) is 14.4. The third-order valence-corrected chi connectivity index (χ3v) is 5.62. The van der Waals surface area contributed by atoms with Crippen molar-refractivity contribution in [3.63, 3.8) is 0 Å². The number of aliphatic hydroxyl groups is 1. The van der Waals surface area contributed by atoms with Crippen molar-refractivity contribution in [2.24, 2.45) is 5.41 Å². The van der Waals surface area contributed by atoms with Crippen molar-refractivity contribution in [1.82, 2.24) is 15.8 Å². The Kier molecular flexibility index (Phi) is 6.04. The van der Waals surface area contributed by atoms with Crippen LogP contribution in [0, 0.1) is 16.7 Å². The van der Waals surface area contributed by atoms with Gasteiger partial charge in [-0.2, -0.15) is 5.26 Å². The molecule has 1 amide bonds. The second-order valence-electron chi connectivity index (χ2n) is 6.53. The first-order chi connectivity index (χ1) is 12.6. The van der Waals surface area contributed by atoms with Gasteiger partial charge in [-0.05, 0) is 24.3 Å². The predicted octanol–water partition coefficient (Wildman–Crippen LogP) is 2.17. The molecule has 0 unspecified atom stereocenters. The summed E-state index contributed by atoms with van der Waals surface area (Å²) in [6, 6.07) is 7.75. The van der Waals surface area contributed by atoms with Gasteiger partial charge in [-0.1, -0.05) is 24.1 Å². The van der Waals surface area contributed by atoms with Gasteiger partial charge in [0.15, 0.2) is 11.5 Å². The minimum Gasteiger partial charge on any atom is -0.390 e. The van der Waals surface area contributed by atoms with E-state index in [1.165, 1.54) is 11.3 Å². The third-order valence-electron chi connectivity index (χ3n) is 4.73. The van der Waals surface area contributed by atoms with Crippen molar-refractivity contribution in [3.8, 4) is 16.7 Å². The van der Waals surface area contributed by atoms with Crippen molar-refractivity contribution in [1.29, 1.82) is 5.26 Å². The van der Waals surface area contributed by atoms with Crippen molar-refractivity contribution in [2.75, 3.05) is 19.6 Å². The largest absolute Gasteiger partial charge is 0.390 e. The van der Waals surface area contributed by atoms with Gasteiger partial charge in [-0.3, -0.25) is 4.79 Å². The Bertz CT molecular complexity index is 768. The van der Waals surface area contributed by atoms with Crippen LogP contribution in [0.25, 0.3) is 10.6 Å². The number of hydrogen-bond acceptors (Lipinski definition) is 7. The van der Waals surface area contributed by atoms with E-state index in [4.69, 9.17) is 4.52 Å². The number of aliphatic hydroxyl groups excluding tert-OH is 1. The molecule has 26 heavy (non-hydrogen) atoms. The average Bonchev–Trinajstić information content (AvgIpc) is 3.38. The average molecular weight is 374 g/mol. The van der Waals surface area contributed by atoms with Gasteiger partial charge >= 0.3 is 0 Å². The van der Waals surface area contributed by atoms with Crippen LogP contribution >= 0.6 is 11.3 Å². The Morgan fingerprint density at radius 2 is 2.42 bits per heavy atom. The molecule has 3 rings (SSSR count). The summed E-state index contributed by atoms with van der Waals surface area (Å²) >= 11 is 1.53. The summed E-state index contributed by atoms with van der Waals surface area (Å²) < 4.78 is 5.20. The Labute approximate surface area is 156 Å². The molecule has 0 radical (unpaired) electrons. The third kappa shape index (κ3) is 4.12. The maximum atomic E-state index is 12.1. The van der Waals surface area contributed by atoms with Gasteiger partial charge in [-0.15, -0.1) is 11.3 Å². The molecule has 0 aromatic carbocycles. The number of carbonyl (C=O) groups excluding carboxylic acids is 1. The number of nitriles is 1. The van der Waals surface area contributed by atoms with Gasteiger partial charge < -0.3 is 20.3 Å². The second kappa shape index (κ2) is 8.45. The molecule has 7 nitrogen and oxygen atoms in total. The molecule has 2 aromatic rings. The summed E-state index contributed by atoms with van der Waals surface area (Å²) in [5.41, 5.74) is -0.390. The maximum Gasteiger partial charge on any atom is 0.273 e. The highest BCUT2D eigenvalue weighted by atomic mass is 32.1. The van der Waals surface area contributed by atoms with E-state index in [0.29, 0.717) is 31.8 Å². The fraction of sp³-hybridized carbons (Fsp3) is 0.500. The molecule has 3 N–H and O–H groups in total. The smallest absolute Gasteiger partial charge is 0.273 e. The number of thiophene rings is 1. The molecule has 2 aromatic heterocycles. The van der Waals surface area contributed by atoms with Crippen LogP contribution in [0.2, 0.25) is 0 Å². The number of carbonyl (C=O) groups is 1. The monoisotopic (exact) mass is 374 g/mol. The van der Waals surface area contributed by atoms with Gasteiger partial charge in [0.05, 0.1) is 22.5 Å². The van der Waals surface area contributed by atoms with E-state index >= 15 is 0 Å². The van der Waals surface area contributed by atoms with Gasteiger partial charge in [-0.25, -0.2) is 0 Å². The molecule has 0 spiro atoms. The van der Waals surface area contributed by atoms with Crippen LogP contribution in [-0.2, 0) is 0 Å². The van der Waals surface area contributed by atoms with E-state index in [2.05, 4.69) is 21.9 Å². The molecule has 0 bridgehead atoms. The lowest BCUT2D eigenvalue weighted by atomic mass is 9.81. The van der Waals surface area contributed by atoms with Crippen molar-refractivity contribution in [2.45, 2.75) is 31.8 Å². The van der Waals surface area contributed by atoms with E-state index in [-0.39, 0.29) is 11.6 Å². The van der Waals surface area contributed by atoms with Gasteiger partial charge in [0.2, 0.25) is 0 Å². The summed E-state index contributed by atoms with van der Waals surface area (Å²) in [5.74, 6) is 0.344. The second-order valence-corrected chi connectivity index (χ2v) is 7.48. The normalized spacial score (nSPS) is 22.2. The molecule has 1 aliphatic rings. The minimum absolute atomic E-state index is 0.250. The lowest BCUT2D eigenvalue weighted by Gasteiger charge is -2.23. The molecule has 138 valence electrons. The van der Waals surface area contributed by atoms with Gasteiger partial charge in [0.1, 0.15) is 0 Å². The lowest BCUT2D eigenvalue weighted by Crippen LogP contribution is -2.32. The van der Waals surface area contributed by atoms with Crippen LogP contribution in [0.3, 0.4) is 0 Å². The molecule has 1 saturated heterocycles. The fourth-order valence-corrected chi connectivity index (χ4v) is 3.80. The molecular weight excluding hydrogens is 352 g/mol. The highest BCUT2D eigenvalue weighted by Crippen LogP contribution is 2.31. The molecule has 0 aliphatic carbocycles. The highest BCUT2D eigenvalue weighted by Gasteiger charge is 2.41. The number of aromatic nitrogens is 1. The van der Waals surface area contributed by atoms with Gasteiger partial charge in [0, 0.05) is 25.7 Å². The van der Waals surface area contributed by atoms with Crippen molar-refractivity contribution >= 4 is 17.2 Å². The molecule has 0 saturated carbocycles. The number of β-amino-alcohol motifs (C(OH)–C–C–N with tert-alkyl or cyclic N) is 1. The minimum atomic E-state index is -0.665. The quantitative estimate of drug-likeness (QED) is 0.611. The zero-order chi connectivity index (χ0) is 18.4. The SMILES string of the molecule is N#C[C@]1(CCCCCNC(=O)c2cc(-c3cccs3)on2)CNC[C@@H]1O. The van der Waals surface area contributed by atoms with Crippen LogP contribution in [0.15, 0.2) is 28.1 Å². The number of rotatable bonds is 8. The first kappa shape index (κ1) is 18.6. The lowest BCUT2D eigenvalue weighted by molar-refractivity contribution is 0.0942. The summed E-state index contributed by atoms with van der Waals surface area (Å²) in [6.45, 7) is 1.56. The van der Waals surface area contributed by atoms with Crippen LogP contribution in [0.1, 0.15) is 36.2 Å². The molecular formula is C18H22N4O3S. The topological polar surface area (TPSA) is 111 Å². The number of nitrogens with one attached hydrogen (secondary N) is 2. The van der Waals surface area contributed by atoms with Crippen LogP contribution < -0.4 is 10.6 Å². The van der Waals surface area contributed by atoms with E-state index in [0.717, 1.165) is 24.1 Å².